The van der Waals surface area contributed by atoms with E-state index in [2.05, 4.69) is 10.7 Å². The molecule has 0 saturated heterocycles. The highest BCUT2D eigenvalue weighted by Crippen LogP contribution is 2.14. The summed E-state index contributed by atoms with van der Waals surface area (Å²) in [5.74, 6) is 5.22. The van der Waals surface area contributed by atoms with Gasteiger partial charge >= 0.3 is 0 Å². The zero-order valence-electron chi connectivity index (χ0n) is 6.24. The molecule has 1 aromatic rings. The smallest absolute Gasteiger partial charge is 0.185 e. The van der Waals surface area contributed by atoms with E-state index < -0.39 is 0 Å². The number of thiocarbonyl (C=S) groups is 1. The number of rotatable bonds is 1. The molecule has 64 valence electrons. The Balaban J connectivity index is 2.69. The summed E-state index contributed by atoms with van der Waals surface area (Å²) in [6.45, 7) is 0. The van der Waals surface area contributed by atoms with Crippen molar-refractivity contribution in [2.45, 2.75) is 0 Å². The number of benzene rings is 1. The first-order valence-corrected chi connectivity index (χ1v) is 3.70. The monoisotopic (exact) mass is 183 g/mol. The second kappa shape index (κ2) is 3.89. The van der Waals surface area contributed by atoms with Crippen molar-refractivity contribution in [3.8, 4) is 5.75 Å². The lowest BCUT2D eigenvalue weighted by atomic mass is 10.3. The van der Waals surface area contributed by atoms with Gasteiger partial charge in [-0.25, -0.2) is 5.84 Å². The Hall–Kier alpha value is -1.33. The first-order valence-electron chi connectivity index (χ1n) is 3.29. The van der Waals surface area contributed by atoms with E-state index in [-0.39, 0.29) is 5.75 Å². The van der Waals surface area contributed by atoms with Crippen LogP contribution in [0.25, 0.3) is 0 Å². The Kier molecular flexibility index (Phi) is 2.84. The van der Waals surface area contributed by atoms with E-state index in [1.165, 1.54) is 0 Å². The molecule has 0 radical (unpaired) electrons. The second-order valence-corrected chi connectivity index (χ2v) is 2.56. The van der Waals surface area contributed by atoms with Crippen molar-refractivity contribution in [2.24, 2.45) is 5.84 Å². The topological polar surface area (TPSA) is 70.3 Å². The average Bonchev–Trinajstić information content (AvgIpc) is 2.04. The van der Waals surface area contributed by atoms with Gasteiger partial charge in [0, 0.05) is 11.8 Å². The summed E-state index contributed by atoms with van der Waals surface area (Å²) >= 11 is 4.75. The number of nitrogens with one attached hydrogen (secondary N) is 2. The average molecular weight is 183 g/mol. The fourth-order valence-electron chi connectivity index (χ4n) is 0.751. The van der Waals surface area contributed by atoms with Gasteiger partial charge in [0.15, 0.2) is 5.11 Å². The molecule has 0 atom stereocenters. The molecule has 0 amide bonds. The SMILES string of the molecule is NNC(=S)Nc1cccc(O)c1. The molecule has 0 aromatic heterocycles. The molecular formula is C7H9N3OS. The van der Waals surface area contributed by atoms with Gasteiger partial charge in [-0.1, -0.05) is 6.07 Å². The van der Waals surface area contributed by atoms with Crippen molar-refractivity contribution < 1.29 is 5.11 Å². The van der Waals surface area contributed by atoms with Crippen LogP contribution < -0.4 is 16.6 Å². The van der Waals surface area contributed by atoms with Crippen LogP contribution in [0.3, 0.4) is 0 Å². The summed E-state index contributed by atoms with van der Waals surface area (Å²) in [5.41, 5.74) is 2.96. The lowest BCUT2D eigenvalue weighted by Crippen LogP contribution is -2.34. The third-order valence-corrected chi connectivity index (χ3v) is 1.46. The maximum Gasteiger partial charge on any atom is 0.185 e. The number of aromatic hydroxyl groups is 1. The minimum atomic E-state index is 0.180. The standard InChI is InChI=1S/C7H9N3OS/c8-10-7(12)9-5-2-1-3-6(11)4-5/h1-4,11H,8H2,(H2,9,10,12). The van der Waals surface area contributed by atoms with E-state index in [4.69, 9.17) is 23.2 Å². The number of phenolic OH excluding ortho intramolecular Hbond substituents is 1. The molecule has 0 spiro atoms. The van der Waals surface area contributed by atoms with Crippen LogP contribution in [0.1, 0.15) is 0 Å². The van der Waals surface area contributed by atoms with Crippen molar-refractivity contribution >= 4 is 23.0 Å². The maximum absolute atomic E-state index is 9.06. The van der Waals surface area contributed by atoms with E-state index in [9.17, 15) is 0 Å². The zero-order valence-corrected chi connectivity index (χ0v) is 7.06. The predicted molar refractivity (Wildman–Crippen MR) is 51.7 cm³/mol. The Morgan fingerprint density at radius 3 is 2.83 bits per heavy atom. The van der Waals surface area contributed by atoms with Crippen LogP contribution in [0.2, 0.25) is 0 Å². The van der Waals surface area contributed by atoms with Crippen LogP contribution in [-0.2, 0) is 0 Å². The number of anilines is 1. The van der Waals surface area contributed by atoms with Crippen LogP contribution in [0.5, 0.6) is 5.75 Å². The Morgan fingerprint density at radius 2 is 2.25 bits per heavy atom. The van der Waals surface area contributed by atoms with Gasteiger partial charge < -0.3 is 15.8 Å². The third kappa shape index (κ3) is 2.37. The summed E-state index contributed by atoms with van der Waals surface area (Å²) in [6.07, 6.45) is 0. The minimum Gasteiger partial charge on any atom is -0.508 e. The quantitative estimate of drug-likeness (QED) is 0.291. The molecule has 5 heteroatoms. The second-order valence-electron chi connectivity index (χ2n) is 2.15. The molecule has 1 rings (SSSR count). The molecule has 1 aromatic carbocycles. The summed E-state index contributed by atoms with van der Waals surface area (Å²) in [4.78, 5) is 0. The molecule has 0 aliphatic heterocycles. The van der Waals surface area contributed by atoms with Crippen LogP contribution in [0, 0.1) is 0 Å². The van der Waals surface area contributed by atoms with E-state index in [1.807, 2.05) is 0 Å². The summed E-state index contributed by atoms with van der Waals surface area (Å²) in [6, 6.07) is 6.59. The summed E-state index contributed by atoms with van der Waals surface area (Å²) < 4.78 is 0. The van der Waals surface area contributed by atoms with Crippen molar-refractivity contribution in [1.82, 2.24) is 5.43 Å². The van der Waals surface area contributed by atoms with E-state index in [0.29, 0.717) is 10.8 Å². The molecule has 12 heavy (non-hydrogen) atoms. The fraction of sp³-hybridized carbons (Fsp3) is 0. The van der Waals surface area contributed by atoms with Crippen molar-refractivity contribution in [3.05, 3.63) is 24.3 Å². The lowest BCUT2D eigenvalue weighted by Gasteiger charge is -2.05. The molecule has 4 nitrogen and oxygen atoms in total. The van der Waals surface area contributed by atoms with Crippen LogP contribution in [-0.4, -0.2) is 10.2 Å². The van der Waals surface area contributed by atoms with Crippen molar-refractivity contribution in [1.29, 1.82) is 0 Å². The Labute approximate surface area is 75.4 Å². The largest absolute Gasteiger partial charge is 0.508 e. The van der Waals surface area contributed by atoms with Crippen molar-refractivity contribution in [3.63, 3.8) is 0 Å². The molecule has 0 aliphatic rings. The highest BCUT2D eigenvalue weighted by atomic mass is 32.1. The number of hydrogen-bond donors (Lipinski definition) is 4. The fourth-order valence-corrected chi connectivity index (χ4v) is 0.869. The van der Waals surface area contributed by atoms with Crippen LogP contribution >= 0.6 is 12.2 Å². The first-order chi connectivity index (χ1) is 5.72. The number of hydrazine groups is 1. The number of hydrogen-bond acceptors (Lipinski definition) is 3. The lowest BCUT2D eigenvalue weighted by molar-refractivity contribution is 0.475. The van der Waals surface area contributed by atoms with E-state index >= 15 is 0 Å². The van der Waals surface area contributed by atoms with E-state index in [0.717, 1.165) is 0 Å². The van der Waals surface area contributed by atoms with Gasteiger partial charge in [-0.3, -0.25) is 0 Å². The van der Waals surface area contributed by atoms with Gasteiger partial charge in [-0.05, 0) is 24.4 Å². The highest BCUT2D eigenvalue weighted by molar-refractivity contribution is 7.80. The molecule has 0 heterocycles. The van der Waals surface area contributed by atoms with Gasteiger partial charge in [-0.2, -0.15) is 0 Å². The summed E-state index contributed by atoms with van der Waals surface area (Å²) in [7, 11) is 0. The Morgan fingerprint density at radius 1 is 1.50 bits per heavy atom. The molecule has 0 aliphatic carbocycles. The molecule has 0 unspecified atom stereocenters. The van der Waals surface area contributed by atoms with Crippen LogP contribution in [0.15, 0.2) is 24.3 Å². The number of phenols is 1. The third-order valence-electron chi connectivity index (χ3n) is 1.24. The molecule has 0 fully saturated rings. The normalized spacial score (nSPS) is 9.08. The van der Waals surface area contributed by atoms with Gasteiger partial charge in [0.25, 0.3) is 0 Å². The maximum atomic E-state index is 9.06. The predicted octanol–water partition coefficient (Wildman–Crippen LogP) is 0.552. The molecule has 5 N–H and O–H groups in total. The highest BCUT2D eigenvalue weighted by Gasteiger charge is 1.94. The zero-order chi connectivity index (χ0) is 8.97. The summed E-state index contributed by atoms with van der Waals surface area (Å²) in [5, 5.41) is 12.1. The van der Waals surface area contributed by atoms with E-state index in [1.54, 1.807) is 24.3 Å². The molecule has 0 saturated carbocycles. The van der Waals surface area contributed by atoms with Gasteiger partial charge in [0.05, 0.1) is 0 Å². The van der Waals surface area contributed by atoms with Gasteiger partial charge in [-0.15, -0.1) is 0 Å². The van der Waals surface area contributed by atoms with Crippen molar-refractivity contribution in [2.75, 3.05) is 5.32 Å². The Bertz CT molecular complexity index is 290. The minimum absolute atomic E-state index is 0.180. The molecular weight excluding hydrogens is 174 g/mol. The number of nitrogens with two attached hydrogens (primary N) is 1. The molecule has 0 bridgehead atoms. The van der Waals surface area contributed by atoms with Gasteiger partial charge in [0.2, 0.25) is 0 Å². The van der Waals surface area contributed by atoms with Gasteiger partial charge in [0.1, 0.15) is 5.75 Å². The first kappa shape index (κ1) is 8.76. The van der Waals surface area contributed by atoms with Crippen LogP contribution in [0.4, 0.5) is 5.69 Å².